The van der Waals surface area contributed by atoms with Gasteiger partial charge >= 0.3 is 0 Å². The van der Waals surface area contributed by atoms with Crippen molar-refractivity contribution in [3.8, 4) is 17.2 Å². The highest BCUT2D eigenvalue weighted by atomic mass is 16.6. The molecule has 0 spiro atoms. The normalized spacial score (nSPS) is 13.2. The van der Waals surface area contributed by atoms with Crippen LogP contribution in [0.15, 0.2) is 42.5 Å². The second-order valence-corrected chi connectivity index (χ2v) is 7.21. The van der Waals surface area contributed by atoms with Crippen molar-refractivity contribution in [1.29, 1.82) is 0 Å². The van der Waals surface area contributed by atoms with Crippen LogP contribution < -0.4 is 19.5 Å². The number of benzene rings is 2. The van der Waals surface area contributed by atoms with Crippen molar-refractivity contribution in [2.24, 2.45) is 0 Å². The quantitative estimate of drug-likeness (QED) is 0.833. The summed E-state index contributed by atoms with van der Waals surface area (Å²) in [6, 6.07) is 13.2. The van der Waals surface area contributed by atoms with Crippen LogP contribution in [0, 0.1) is 0 Å². The summed E-state index contributed by atoms with van der Waals surface area (Å²) in [5, 5.41) is 2.87. The molecule has 26 heavy (non-hydrogen) atoms. The first-order chi connectivity index (χ1) is 12.4. The first kappa shape index (κ1) is 18.1. The van der Waals surface area contributed by atoms with Crippen LogP contribution in [0.4, 0.5) is 0 Å². The predicted octanol–water partition coefficient (Wildman–Crippen LogP) is 3.56. The lowest BCUT2D eigenvalue weighted by Crippen LogP contribution is -2.28. The molecule has 0 atom stereocenters. The van der Waals surface area contributed by atoms with E-state index >= 15 is 0 Å². The molecule has 2 aromatic rings. The lowest BCUT2D eigenvalue weighted by Gasteiger charge is -2.22. The van der Waals surface area contributed by atoms with E-state index in [1.165, 1.54) is 0 Å². The molecular formula is C21H25NO4. The summed E-state index contributed by atoms with van der Waals surface area (Å²) in [7, 11) is 0. The van der Waals surface area contributed by atoms with Crippen LogP contribution in [0.25, 0.3) is 0 Å². The van der Waals surface area contributed by atoms with E-state index < -0.39 is 0 Å². The Labute approximate surface area is 154 Å². The highest BCUT2D eigenvalue weighted by molar-refractivity contribution is 5.94. The number of hydrogen-bond donors (Lipinski definition) is 1. The number of carbonyl (C=O) groups excluding carboxylic acids is 1. The minimum atomic E-state index is -0.158. The molecule has 0 aliphatic carbocycles. The highest BCUT2D eigenvalue weighted by Crippen LogP contribution is 2.31. The van der Waals surface area contributed by atoms with Crippen LogP contribution in [-0.4, -0.2) is 32.3 Å². The number of para-hydroxylation sites is 1. The van der Waals surface area contributed by atoms with Gasteiger partial charge in [-0.3, -0.25) is 4.79 Å². The number of fused-ring (bicyclic) bond motifs is 1. The average Bonchev–Trinajstić information content (AvgIpc) is 2.64. The summed E-state index contributed by atoms with van der Waals surface area (Å²) >= 11 is 0. The fourth-order valence-electron chi connectivity index (χ4n) is 2.82. The minimum absolute atomic E-state index is 0.00500. The monoisotopic (exact) mass is 355 g/mol. The van der Waals surface area contributed by atoms with Crippen molar-refractivity contribution >= 4 is 5.91 Å². The van der Waals surface area contributed by atoms with Gasteiger partial charge in [0.1, 0.15) is 25.6 Å². The van der Waals surface area contributed by atoms with Crippen LogP contribution in [0.2, 0.25) is 0 Å². The Morgan fingerprint density at radius 1 is 1.08 bits per heavy atom. The molecule has 2 aromatic carbocycles. The van der Waals surface area contributed by atoms with Gasteiger partial charge in [0.25, 0.3) is 5.91 Å². The van der Waals surface area contributed by atoms with Crippen molar-refractivity contribution in [2.75, 3.05) is 26.4 Å². The van der Waals surface area contributed by atoms with Crippen LogP contribution in [0.1, 0.15) is 36.7 Å². The van der Waals surface area contributed by atoms with Gasteiger partial charge in [0.15, 0.2) is 11.5 Å². The molecule has 5 nitrogen and oxygen atoms in total. The molecule has 1 aliphatic rings. The van der Waals surface area contributed by atoms with Crippen molar-refractivity contribution in [3.63, 3.8) is 0 Å². The van der Waals surface area contributed by atoms with Gasteiger partial charge in [-0.2, -0.15) is 0 Å². The molecule has 1 heterocycles. The van der Waals surface area contributed by atoms with Crippen LogP contribution >= 0.6 is 0 Å². The summed E-state index contributed by atoms with van der Waals surface area (Å²) in [6.45, 7) is 8.32. The van der Waals surface area contributed by atoms with E-state index in [2.05, 4.69) is 32.2 Å². The molecule has 0 aromatic heterocycles. The van der Waals surface area contributed by atoms with E-state index in [4.69, 9.17) is 14.2 Å². The largest absolute Gasteiger partial charge is 0.491 e. The summed E-state index contributed by atoms with van der Waals surface area (Å²) in [4.78, 5) is 12.3. The average molecular weight is 355 g/mol. The molecule has 0 bridgehead atoms. The molecule has 0 radical (unpaired) electrons. The van der Waals surface area contributed by atoms with Crippen molar-refractivity contribution < 1.29 is 19.0 Å². The third-order valence-corrected chi connectivity index (χ3v) is 4.14. The summed E-state index contributed by atoms with van der Waals surface area (Å²) in [5.74, 6) is 1.98. The Morgan fingerprint density at radius 2 is 1.81 bits per heavy atom. The van der Waals surface area contributed by atoms with Gasteiger partial charge in [0.2, 0.25) is 0 Å². The molecule has 3 rings (SSSR count). The molecule has 0 saturated carbocycles. The Kier molecular flexibility index (Phi) is 5.35. The fraction of sp³-hybridized carbons (Fsp3) is 0.381. The number of ether oxygens (including phenoxy) is 3. The van der Waals surface area contributed by atoms with Gasteiger partial charge < -0.3 is 19.5 Å². The lowest BCUT2D eigenvalue weighted by molar-refractivity contribution is 0.0945. The van der Waals surface area contributed by atoms with E-state index in [0.29, 0.717) is 43.4 Å². The zero-order valence-electron chi connectivity index (χ0n) is 15.5. The molecular weight excluding hydrogens is 330 g/mol. The standard InChI is InChI=1S/C21H25NO4/c1-21(2,3)16-6-4-5-7-17(16)24-11-10-22-20(23)15-8-9-18-19(14-15)26-13-12-25-18/h4-9,14H,10-13H2,1-3H3,(H,22,23). The van der Waals surface area contributed by atoms with Crippen LogP contribution in [-0.2, 0) is 5.41 Å². The zero-order chi connectivity index (χ0) is 18.6. The number of hydrogen-bond acceptors (Lipinski definition) is 4. The SMILES string of the molecule is CC(C)(C)c1ccccc1OCCNC(=O)c1ccc2c(c1)OCCO2. The van der Waals surface area contributed by atoms with Gasteiger partial charge in [-0.1, -0.05) is 39.0 Å². The second kappa shape index (κ2) is 7.68. The van der Waals surface area contributed by atoms with Gasteiger partial charge in [0.05, 0.1) is 6.54 Å². The van der Waals surface area contributed by atoms with E-state index in [0.717, 1.165) is 11.3 Å². The Bertz CT molecular complexity index is 780. The molecule has 0 saturated heterocycles. The molecule has 0 fully saturated rings. The van der Waals surface area contributed by atoms with E-state index in [1.54, 1.807) is 18.2 Å². The maximum absolute atomic E-state index is 12.3. The number of carbonyl (C=O) groups is 1. The van der Waals surface area contributed by atoms with Gasteiger partial charge in [0, 0.05) is 5.56 Å². The third kappa shape index (κ3) is 4.28. The van der Waals surface area contributed by atoms with E-state index in [1.807, 2.05) is 18.2 Å². The summed E-state index contributed by atoms with van der Waals surface area (Å²) < 4.78 is 16.9. The predicted molar refractivity (Wildman–Crippen MR) is 100 cm³/mol. The third-order valence-electron chi connectivity index (χ3n) is 4.14. The Hall–Kier alpha value is -2.69. The number of nitrogens with one attached hydrogen (secondary N) is 1. The maximum Gasteiger partial charge on any atom is 0.251 e. The van der Waals surface area contributed by atoms with Gasteiger partial charge in [-0.15, -0.1) is 0 Å². The van der Waals surface area contributed by atoms with Gasteiger partial charge in [-0.05, 0) is 35.2 Å². The van der Waals surface area contributed by atoms with Crippen molar-refractivity contribution in [3.05, 3.63) is 53.6 Å². The molecule has 1 N–H and O–H groups in total. The van der Waals surface area contributed by atoms with E-state index in [-0.39, 0.29) is 11.3 Å². The molecule has 0 unspecified atom stereocenters. The van der Waals surface area contributed by atoms with Gasteiger partial charge in [-0.25, -0.2) is 0 Å². The molecule has 1 aliphatic heterocycles. The first-order valence-electron chi connectivity index (χ1n) is 8.85. The molecule has 138 valence electrons. The summed E-state index contributed by atoms with van der Waals surface area (Å²) in [6.07, 6.45) is 0. The Morgan fingerprint density at radius 3 is 2.58 bits per heavy atom. The lowest BCUT2D eigenvalue weighted by atomic mass is 9.86. The molecule has 5 heteroatoms. The highest BCUT2D eigenvalue weighted by Gasteiger charge is 2.18. The van der Waals surface area contributed by atoms with Crippen LogP contribution in [0.3, 0.4) is 0 Å². The summed E-state index contributed by atoms with van der Waals surface area (Å²) in [5.41, 5.74) is 1.70. The molecule has 1 amide bonds. The topological polar surface area (TPSA) is 56.8 Å². The minimum Gasteiger partial charge on any atom is -0.491 e. The second-order valence-electron chi connectivity index (χ2n) is 7.21. The smallest absolute Gasteiger partial charge is 0.251 e. The maximum atomic E-state index is 12.3. The first-order valence-corrected chi connectivity index (χ1v) is 8.85. The number of rotatable bonds is 5. The van der Waals surface area contributed by atoms with E-state index in [9.17, 15) is 4.79 Å². The Balaban J connectivity index is 1.54. The number of amides is 1. The van der Waals surface area contributed by atoms with Crippen molar-refractivity contribution in [2.45, 2.75) is 26.2 Å². The van der Waals surface area contributed by atoms with Crippen molar-refractivity contribution in [1.82, 2.24) is 5.32 Å². The zero-order valence-corrected chi connectivity index (χ0v) is 15.5. The van der Waals surface area contributed by atoms with Crippen LogP contribution in [0.5, 0.6) is 17.2 Å². The fourth-order valence-corrected chi connectivity index (χ4v) is 2.82.